The molecule has 0 radical (unpaired) electrons. The van der Waals surface area contributed by atoms with E-state index in [2.05, 4.69) is 5.32 Å². The van der Waals surface area contributed by atoms with Crippen molar-refractivity contribution in [2.45, 2.75) is 6.54 Å². The summed E-state index contributed by atoms with van der Waals surface area (Å²) in [5.41, 5.74) is 1.00. The molecular formula is C20H16ClN3O5. The van der Waals surface area contributed by atoms with E-state index < -0.39 is 10.8 Å². The van der Waals surface area contributed by atoms with E-state index in [1.807, 2.05) is 0 Å². The van der Waals surface area contributed by atoms with Gasteiger partial charge in [-0.25, -0.2) is 0 Å². The maximum atomic E-state index is 12.6. The average molecular weight is 414 g/mol. The van der Waals surface area contributed by atoms with Gasteiger partial charge in [-0.05, 0) is 29.8 Å². The Morgan fingerprint density at radius 3 is 2.55 bits per heavy atom. The Balaban J connectivity index is 1.83. The van der Waals surface area contributed by atoms with Gasteiger partial charge in [0, 0.05) is 29.4 Å². The number of aromatic nitrogens is 1. The third kappa shape index (κ3) is 4.80. The Labute approximate surface area is 170 Å². The highest BCUT2D eigenvalue weighted by Gasteiger charge is 2.12. The molecule has 0 spiro atoms. The summed E-state index contributed by atoms with van der Waals surface area (Å²) in [6, 6.07) is 13.4. The van der Waals surface area contributed by atoms with Gasteiger partial charge in [-0.2, -0.15) is 0 Å². The van der Waals surface area contributed by atoms with E-state index in [-0.39, 0.29) is 23.4 Å². The summed E-state index contributed by atoms with van der Waals surface area (Å²) in [4.78, 5) is 35.0. The molecule has 0 saturated heterocycles. The monoisotopic (exact) mass is 413 g/mol. The Morgan fingerprint density at radius 2 is 1.90 bits per heavy atom. The minimum Gasteiger partial charge on any atom is -0.495 e. The molecule has 0 fully saturated rings. The number of pyridine rings is 1. The van der Waals surface area contributed by atoms with E-state index in [0.29, 0.717) is 22.0 Å². The van der Waals surface area contributed by atoms with Crippen molar-refractivity contribution in [3.63, 3.8) is 0 Å². The second-order valence-corrected chi connectivity index (χ2v) is 6.54. The molecule has 9 heteroatoms. The van der Waals surface area contributed by atoms with Crippen molar-refractivity contribution >= 4 is 28.9 Å². The number of anilines is 1. The number of carbonyl (C=O) groups is 1. The molecule has 8 nitrogen and oxygen atoms in total. The number of hydrogen-bond acceptors (Lipinski definition) is 5. The number of nitro benzene ring substituents is 1. The van der Waals surface area contributed by atoms with Crippen molar-refractivity contribution in [3.8, 4) is 5.75 Å². The summed E-state index contributed by atoms with van der Waals surface area (Å²) >= 11 is 5.98. The topological polar surface area (TPSA) is 103 Å². The maximum Gasteiger partial charge on any atom is 0.269 e. The number of nitrogens with one attached hydrogen (secondary N) is 1. The zero-order valence-corrected chi connectivity index (χ0v) is 16.1. The van der Waals surface area contributed by atoms with Crippen molar-refractivity contribution in [2.24, 2.45) is 0 Å². The van der Waals surface area contributed by atoms with E-state index in [1.165, 1.54) is 42.1 Å². The van der Waals surface area contributed by atoms with Gasteiger partial charge >= 0.3 is 0 Å². The number of benzene rings is 2. The number of rotatable bonds is 6. The highest BCUT2D eigenvalue weighted by Crippen LogP contribution is 2.28. The number of carbonyl (C=O) groups excluding carboxylic acids is 1. The molecular weight excluding hydrogens is 398 g/mol. The lowest BCUT2D eigenvalue weighted by molar-refractivity contribution is -0.384. The smallest absolute Gasteiger partial charge is 0.269 e. The van der Waals surface area contributed by atoms with Crippen LogP contribution in [0.5, 0.6) is 5.75 Å². The van der Waals surface area contributed by atoms with Gasteiger partial charge in [-0.1, -0.05) is 23.7 Å². The first-order valence-electron chi connectivity index (χ1n) is 8.46. The fraction of sp³-hybridized carbons (Fsp3) is 0.100. The van der Waals surface area contributed by atoms with Crippen LogP contribution < -0.4 is 15.6 Å². The molecule has 0 aliphatic rings. The molecule has 1 heterocycles. The van der Waals surface area contributed by atoms with Crippen LogP contribution in [-0.4, -0.2) is 22.5 Å². The molecule has 148 valence electrons. The van der Waals surface area contributed by atoms with Crippen molar-refractivity contribution in [1.82, 2.24) is 4.57 Å². The van der Waals surface area contributed by atoms with Crippen LogP contribution in [0, 0.1) is 10.1 Å². The lowest BCUT2D eigenvalue weighted by Gasteiger charge is -2.12. The minimum absolute atomic E-state index is 0.0373. The molecule has 0 saturated carbocycles. The van der Waals surface area contributed by atoms with Gasteiger partial charge < -0.3 is 14.6 Å². The summed E-state index contributed by atoms with van der Waals surface area (Å²) < 4.78 is 6.56. The first-order valence-corrected chi connectivity index (χ1v) is 8.84. The van der Waals surface area contributed by atoms with Gasteiger partial charge in [-0.3, -0.25) is 19.7 Å². The summed E-state index contributed by atoms with van der Waals surface area (Å²) in [5, 5.41) is 13.9. The number of non-ortho nitro benzene ring substituents is 1. The van der Waals surface area contributed by atoms with E-state index in [1.54, 1.807) is 30.3 Å². The molecule has 1 aromatic heterocycles. The van der Waals surface area contributed by atoms with E-state index in [9.17, 15) is 19.7 Å². The number of halogens is 1. The van der Waals surface area contributed by atoms with Gasteiger partial charge in [0.15, 0.2) is 0 Å². The van der Waals surface area contributed by atoms with Crippen LogP contribution in [0.1, 0.15) is 15.9 Å². The molecule has 0 aliphatic heterocycles. The van der Waals surface area contributed by atoms with Crippen molar-refractivity contribution in [1.29, 1.82) is 0 Å². The fourth-order valence-corrected chi connectivity index (χ4v) is 2.85. The molecule has 2 aromatic carbocycles. The molecule has 1 N–H and O–H groups in total. The van der Waals surface area contributed by atoms with Gasteiger partial charge in [0.05, 0.1) is 29.8 Å². The Morgan fingerprint density at radius 1 is 1.17 bits per heavy atom. The van der Waals surface area contributed by atoms with Crippen LogP contribution >= 0.6 is 11.6 Å². The lowest BCUT2D eigenvalue weighted by atomic mass is 10.2. The van der Waals surface area contributed by atoms with Crippen molar-refractivity contribution < 1.29 is 14.5 Å². The molecule has 1 amide bonds. The Kier molecular flexibility index (Phi) is 5.94. The van der Waals surface area contributed by atoms with Crippen molar-refractivity contribution in [3.05, 3.63) is 97.4 Å². The minimum atomic E-state index is -0.495. The number of hydrogen-bond donors (Lipinski definition) is 1. The average Bonchev–Trinajstić information content (AvgIpc) is 2.70. The van der Waals surface area contributed by atoms with Crippen molar-refractivity contribution in [2.75, 3.05) is 12.4 Å². The van der Waals surface area contributed by atoms with Crippen LogP contribution in [0.4, 0.5) is 11.4 Å². The van der Waals surface area contributed by atoms with Gasteiger partial charge in [0.1, 0.15) is 5.75 Å². The summed E-state index contributed by atoms with van der Waals surface area (Å²) in [6.45, 7) is 0.165. The second-order valence-electron chi connectivity index (χ2n) is 6.11. The van der Waals surface area contributed by atoms with Crippen LogP contribution in [-0.2, 0) is 6.54 Å². The van der Waals surface area contributed by atoms with Gasteiger partial charge in [0.25, 0.3) is 17.2 Å². The van der Waals surface area contributed by atoms with Crippen LogP contribution in [0.3, 0.4) is 0 Å². The quantitative estimate of drug-likeness (QED) is 0.490. The molecule has 0 atom stereocenters. The first kappa shape index (κ1) is 20.1. The Hall–Kier alpha value is -3.65. The van der Waals surface area contributed by atoms with Crippen LogP contribution in [0.2, 0.25) is 5.02 Å². The molecule has 0 unspecified atom stereocenters. The SMILES string of the molecule is COc1ccc(Cl)cc1NC(=O)c1ccc(=O)n(Cc2ccc([N+](=O)[O-])cc2)c1. The summed E-state index contributed by atoms with van der Waals surface area (Å²) in [6.07, 6.45) is 1.43. The number of nitro groups is 1. The molecule has 0 bridgehead atoms. The van der Waals surface area contributed by atoms with Gasteiger partial charge in [-0.15, -0.1) is 0 Å². The maximum absolute atomic E-state index is 12.6. The van der Waals surface area contributed by atoms with E-state index >= 15 is 0 Å². The Bertz CT molecular complexity index is 1130. The normalized spacial score (nSPS) is 10.4. The molecule has 29 heavy (non-hydrogen) atoms. The number of amides is 1. The fourth-order valence-electron chi connectivity index (χ4n) is 2.68. The molecule has 0 aliphatic carbocycles. The highest BCUT2D eigenvalue weighted by atomic mass is 35.5. The zero-order chi connectivity index (χ0) is 21.0. The second kappa shape index (κ2) is 8.57. The molecule has 3 rings (SSSR count). The number of nitrogens with zero attached hydrogens (tertiary/aromatic N) is 2. The summed E-state index contributed by atoms with van der Waals surface area (Å²) in [5.74, 6) is 0.00460. The number of ether oxygens (including phenoxy) is 1. The number of methoxy groups -OCH3 is 1. The highest BCUT2D eigenvalue weighted by molar-refractivity contribution is 6.31. The standard InChI is InChI=1S/C20H16ClN3O5/c1-29-18-8-5-15(21)10-17(18)22-20(26)14-4-9-19(25)23(12-14)11-13-2-6-16(7-3-13)24(27)28/h2-10,12H,11H2,1H3,(H,22,26). The van der Waals surface area contributed by atoms with Gasteiger partial charge in [0.2, 0.25) is 0 Å². The predicted octanol–water partition coefficient (Wildman–Crippen LogP) is 3.72. The third-order valence-electron chi connectivity index (χ3n) is 4.16. The van der Waals surface area contributed by atoms with E-state index in [4.69, 9.17) is 16.3 Å². The van der Waals surface area contributed by atoms with Crippen LogP contribution in [0.15, 0.2) is 65.6 Å². The predicted molar refractivity (Wildman–Crippen MR) is 109 cm³/mol. The molecule has 3 aromatic rings. The summed E-state index contributed by atoms with van der Waals surface area (Å²) in [7, 11) is 1.48. The first-order chi connectivity index (χ1) is 13.9. The largest absolute Gasteiger partial charge is 0.495 e. The van der Waals surface area contributed by atoms with Crippen LogP contribution in [0.25, 0.3) is 0 Å². The third-order valence-corrected chi connectivity index (χ3v) is 4.39. The van der Waals surface area contributed by atoms with E-state index in [0.717, 1.165) is 0 Å². The zero-order valence-electron chi connectivity index (χ0n) is 15.3. The lowest BCUT2D eigenvalue weighted by Crippen LogP contribution is -2.22.